The number of amides is 1. The summed E-state index contributed by atoms with van der Waals surface area (Å²) in [5.41, 5.74) is 0.262. The molecule has 1 aromatic carbocycles. The number of aliphatic hydroxyl groups excluding tert-OH is 1. The van der Waals surface area contributed by atoms with Crippen LogP contribution in [0.5, 0.6) is 0 Å². The Morgan fingerprint density at radius 2 is 2.11 bits per heavy atom. The highest BCUT2D eigenvalue weighted by Gasteiger charge is 2.23. The molecule has 0 saturated carbocycles. The largest absolute Gasteiger partial charge is 0.396 e. The third kappa shape index (κ3) is 3.45. The Bertz CT molecular complexity index is 439. The molecular weight excluding hydrogens is 269 g/mol. The topological polar surface area (TPSA) is 40.5 Å². The lowest BCUT2D eigenvalue weighted by Gasteiger charge is -2.31. The van der Waals surface area contributed by atoms with Crippen LogP contribution >= 0.6 is 11.6 Å². The van der Waals surface area contributed by atoms with Crippen molar-refractivity contribution in [2.45, 2.75) is 19.3 Å². The van der Waals surface area contributed by atoms with Crippen molar-refractivity contribution >= 4 is 17.5 Å². The number of hydrogen-bond acceptors (Lipinski definition) is 2. The molecule has 19 heavy (non-hydrogen) atoms. The lowest BCUT2D eigenvalue weighted by molar-refractivity contribution is -0.132. The lowest BCUT2D eigenvalue weighted by Crippen LogP contribution is -2.40. The first-order valence-corrected chi connectivity index (χ1v) is 6.81. The number of benzene rings is 1. The first kappa shape index (κ1) is 14.3. The maximum Gasteiger partial charge on any atom is 0.227 e. The van der Waals surface area contributed by atoms with Crippen molar-refractivity contribution < 1.29 is 14.3 Å². The highest BCUT2D eigenvalue weighted by molar-refractivity contribution is 6.31. The van der Waals surface area contributed by atoms with Crippen molar-refractivity contribution in [3.8, 4) is 0 Å². The summed E-state index contributed by atoms with van der Waals surface area (Å²) >= 11 is 5.91. The molecule has 1 amide bonds. The highest BCUT2D eigenvalue weighted by atomic mass is 35.5. The summed E-state index contributed by atoms with van der Waals surface area (Å²) in [4.78, 5) is 13.8. The molecule has 0 aromatic heterocycles. The van der Waals surface area contributed by atoms with E-state index in [1.54, 1.807) is 11.0 Å². The van der Waals surface area contributed by atoms with Crippen LogP contribution in [0.2, 0.25) is 5.02 Å². The number of hydrogen-bond donors (Lipinski definition) is 1. The molecule has 0 radical (unpaired) electrons. The van der Waals surface area contributed by atoms with Crippen LogP contribution in [0.1, 0.15) is 18.4 Å². The lowest BCUT2D eigenvalue weighted by atomic mass is 9.97. The minimum Gasteiger partial charge on any atom is -0.396 e. The van der Waals surface area contributed by atoms with E-state index >= 15 is 0 Å². The molecule has 2 rings (SSSR count). The molecule has 0 spiro atoms. The van der Waals surface area contributed by atoms with Crippen LogP contribution in [-0.4, -0.2) is 35.6 Å². The van der Waals surface area contributed by atoms with Gasteiger partial charge in [0.2, 0.25) is 5.91 Å². The smallest absolute Gasteiger partial charge is 0.227 e. The molecule has 0 atom stereocenters. The quantitative estimate of drug-likeness (QED) is 0.925. The first-order valence-electron chi connectivity index (χ1n) is 6.43. The average Bonchev–Trinajstić information content (AvgIpc) is 2.43. The molecule has 1 aromatic rings. The number of piperidine rings is 1. The number of halogens is 2. The highest BCUT2D eigenvalue weighted by Crippen LogP contribution is 2.22. The molecule has 1 heterocycles. The van der Waals surface area contributed by atoms with Gasteiger partial charge in [0, 0.05) is 30.3 Å². The maximum atomic E-state index is 13.6. The standard InChI is InChI=1S/C14H17ClFNO2/c15-12-2-1-3-13(16)11(12)8-14(19)17-6-4-10(9-18)5-7-17/h1-3,10,18H,4-9H2. The number of likely N-dealkylation sites (tertiary alicyclic amines) is 1. The molecule has 1 N–H and O–H groups in total. The van der Waals surface area contributed by atoms with Crippen molar-refractivity contribution in [2.75, 3.05) is 19.7 Å². The van der Waals surface area contributed by atoms with Crippen molar-refractivity contribution in [1.29, 1.82) is 0 Å². The van der Waals surface area contributed by atoms with Crippen LogP contribution in [0.3, 0.4) is 0 Å². The van der Waals surface area contributed by atoms with Crippen molar-refractivity contribution in [2.24, 2.45) is 5.92 Å². The zero-order valence-corrected chi connectivity index (χ0v) is 11.4. The predicted molar refractivity (Wildman–Crippen MR) is 71.5 cm³/mol. The zero-order chi connectivity index (χ0) is 13.8. The van der Waals surface area contributed by atoms with E-state index in [0.717, 1.165) is 12.8 Å². The van der Waals surface area contributed by atoms with E-state index in [2.05, 4.69) is 0 Å². The van der Waals surface area contributed by atoms with Crippen LogP contribution in [0.25, 0.3) is 0 Å². The number of aliphatic hydroxyl groups is 1. The molecule has 104 valence electrons. The number of rotatable bonds is 3. The minimum absolute atomic E-state index is 0.00466. The Labute approximate surface area is 117 Å². The maximum absolute atomic E-state index is 13.6. The molecule has 0 aliphatic carbocycles. The van der Waals surface area contributed by atoms with E-state index in [9.17, 15) is 9.18 Å². The van der Waals surface area contributed by atoms with Crippen molar-refractivity contribution in [3.63, 3.8) is 0 Å². The normalized spacial score (nSPS) is 16.7. The summed E-state index contributed by atoms with van der Waals surface area (Å²) in [7, 11) is 0. The van der Waals surface area contributed by atoms with Crippen LogP contribution in [0.15, 0.2) is 18.2 Å². The predicted octanol–water partition coefficient (Wildman–Crippen LogP) is 2.25. The van der Waals surface area contributed by atoms with Gasteiger partial charge < -0.3 is 10.0 Å². The van der Waals surface area contributed by atoms with E-state index in [-0.39, 0.29) is 30.4 Å². The van der Waals surface area contributed by atoms with Gasteiger partial charge in [-0.05, 0) is 30.9 Å². The van der Waals surface area contributed by atoms with E-state index in [1.165, 1.54) is 12.1 Å². The van der Waals surface area contributed by atoms with Gasteiger partial charge in [-0.15, -0.1) is 0 Å². The SMILES string of the molecule is O=C(Cc1c(F)cccc1Cl)N1CCC(CO)CC1. The van der Waals surface area contributed by atoms with Crippen molar-refractivity contribution in [3.05, 3.63) is 34.6 Å². The van der Waals surface area contributed by atoms with Crippen LogP contribution in [0, 0.1) is 11.7 Å². The molecule has 0 bridgehead atoms. The van der Waals surface area contributed by atoms with Gasteiger partial charge >= 0.3 is 0 Å². The summed E-state index contributed by atoms with van der Waals surface area (Å²) in [5, 5.41) is 9.34. The molecule has 0 unspecified atom stereocenters. The molecule has 1 fully saturated rings. The molecule has 5 heteroatoms. The third-order valence-electron chi connectivity index (χ3n) is 3.62. The fourth-order valence-corrected chi connectivity index (χ4v) is 2.56. The summed E-state index contributed by atoms with van der Waals surface area (Å²) in [6.07, 6.45) is 1.59. The van der Waals surface area contributed by atoms with E-state index < -0.39 is 5.82 Å². The number of nitrogens with zero attached hydrogens (tertiary/aromatic N) is 1. The molecule has 1 aliphatic heterocycles. The van der Waals surface area contributed by atoms with Gasteiger partial charge in [-0.1, -0.05) is 17.7 Å². The first-order chi connectivity index (χ1) is 9.11. The molecule has 1 aliphatic rings. The molecule has 1 saturated heterocycles. The fraction of sp³-hybridized carbons (Fsp3) is 0.500. The minimum atomic E-state index is -0.439. The van der Waals surface area contributed by atoms with Gasteiger partial charge in [-0.25, -0.2) is 4.39 Å². The Balaban J connectivity index is 1.98. The zero-order valence-electron chi connectivity index (χ0n) is 10.6. The Kier molecular flexibility index (Phi) is 4.77. The Morgan fingerprint density at radius 3 is 2.68 bits per heavy atom. The Morgan fingerprint density at radius 1 is 1.42 bits per heavy atom. The summed E-state index contributed by atoms with van der Waals surface area (Å²) in [5.74, 6) is -0.268. The van der Waals surface area contributed by atoms with E-state index in [0.29, 0.717) is 18.1 Å². The second kappa shape index (κ2) is 6.35. The second-order valence-electron chi connectivity index (χ2n) is 4.88. The monoisotopic (exact) mass is 285 g/mol. The van der Waals surface area contributed by atoms with Gasteiger partial charge in [0.05, 0.1) is 6.42 Å². The van der Waals surface area contributed by atoms with Gasteiger partial charge in [-0.2, -0.15) is 0 Å². The van der Waals surface area contributed by atoms with E-state index in [1.807, 2.05) is 0 Å². The third-order valence-corrected chi connectivity index (χ3v) is 3.97. The van der Waals surface area contributed by atoms with Gasteiger partial charge in [0.25, 0.3) is 0 Å². The van der Waals surface area contributed by atoms with Gasteiger partial charge in [0.15, 0.2) is 0 Å². The second-order valence-corrected chi connectivity index (χ2v) is 5.29. The van der Waals surface area contributed by atoms with Crippen LogP contribution < -0.4 is 0 Å². The van der Waals surface area contributed by atoms with E-state index in [4.69, 9.17) is 16.7 Å². The van der Waals surface area contributed by atoms with Crippen molar-refractivity contribution in [1.82, 2.24) is 4.90 Å². The number of carbonyl (C=O) groups is 1. The van der Waals surface area contributed by atoms with Crippen LogP contribution in [-0.2, 0) is 11.2 Å². The van der Waals surface area contributed by atoms with Gasteiger partial charge in [-0.3, -0.25) is 4.79 Å². The summed E-state index contributed by atoms with van der Waals surface area (Å²) in [6.45, 7) is 1.41. The number of carbonyl (C=O) groups excluding carboxylic acids is 1. The van der Waals surface area contributed by atoms with Crippen LogP contribution in [0.4, 0.5) is 4.39 Å². The Hall–Kier alpha value is -1.13. The summed E-state index contributed by atoms with van der Waals surface area (Å²) in [6, 6.07) is 4.43. The average molecular weight is 286 g/mol. The fourth-order valence-electron chi connectivity index (χ4n) is 2.33. The van der Waals surface area contributed by atoms with Gasteiger partial charge in [0.1, 0.15) is 5.82 Å². The molecule has 3 nitrogen and oxygen atoms in total. The molecular formula is C14H17ClFNO2. The summed E-state index contributed by atoms with van der Waals surface area (Å²) < 4.78 is 13.6.